The number of hydrogen-bond donors (Lipinski definition) is 4. The molecule has 60 valence electrons. The Morgan fingerprint density at radius 1 is 1.30 bits per heavy atom. The second-order valence-electron chi connectivity index (χ2n) is 1.87. The molecule has 0 aromatic carbocycles. The maximum atomic E-state index is 8.87. The third-order valence-electron chi connectivity index (χ3n) is 1.07. The molecule has 10 heavy (non-hydrogen) atoms. The standard InChI is InChI=1S/C5H10O4Se/c6-1-3(7)5(9)4(8)2-10/h2-9H,1H2/t3-,4+,5+/m1/s1. The van der Waals surface area contributed by atoms with Gasteiger partial charge < -0.3 is 0 Å². The molecule has 4 N–H and O–H groups in total. The Hall–Kier alpha value is 0.229. The summed E-state index contributed by atoms with van der Waals surface area (Å²) in [6, 6.07) is 0. The van der Waals surface area contributed by atoms with Crippen LogP contribution in [0, 0.1) is 0 Å². The zero-order valence-corrected chi connectivity index (χ0v) is 6.93. The molecule has 0 rings (SSSR count). The molecule has 0 unspecified atom stereocenters. The Morgan fingerprint density at radius 3 is 2.10 bits per heavy atom. The average molecular weight is 213 g/mol. The minimum atomic E-state index is -1.33. The van der Waals surface area contributed by atoms with Gasteiger partial charge in [0.25, 0.3) is 0 Å². The Kier molecular flexibility index (Phi) is 5.07. The quantitative estimate of drug-likeness (QED) is 0.376. The summed E-state index contributed by atoms with van der Waals surface area (Å²) in [5.41, 5.74) is 0. The third kappa shape index (κ3) is 2.88. The van der Waals surface area contributed by atoms with Crippen molar-refractivity contribution in [3.63, 3.8) is 0 Å². The van der Waals surface area contributed by atoms with Crippen LogP contribution in [0.4, 0.5) is 0 Å². The molecule has 4 nitrogen and oxygen atoms in total. The van der Waals surface area contributed by atoms with Crippen molar-refractivity contribution in [3.05, 3.63) is 0 Å². The van der Waals surface area contributed by atoms with Gasteiger partial charge >= 0.3 is 65.8 Å². The predicted octanol–water partition coefficient (Wildman–Crippen LogP) is -2.97. The van der Waals surface area contributed by atoms with Crippen LogP contribution in [0.25, 0.3) is 0 Å². The summed E-state index contributed by atoms with van der Waals surface area (Å²) in [6.07, 6.45) is -3.76. The molecule has 0 bridgehead atoms. The first-order chi connectivity index (χ1) is 4.63. The van der Waals surface area contributed by atoms with Crippen LogP contribution in [-0.4, -0.2) is 65.8 Å². The van der Waals surface area contributed by atoms with Crippen LogP contribution in [-0.2, 0) is 0 Å². The van der Waals surface area contributed by atoms with Gasteiger partial charge in [-0.15, -0.1) is 0 Å². The van der Waals surface area contributed by atoms with Gasteiger partial charge in [0.2, 0.25) is 0 Å². The van der Waals surface area contributed by atoms with E-state index in [1.54, 1.807) is 0 Å². The summed E-state index contributed by atoms with van der Waals surface area (Å²) >= 11 is 2.37. The van der Waals surface area contributed by atoms with Crippen LogP contribution in [0.3, 0.4) is 0 Å². The van der Waals surface area contributed by atoms with E-state index >= 15 is 0 Å². The Morgan fingerprint density at radius 2 is 1.80 bits per heavy atom. The summed E-state index contributed by atoms with van der Waals surface area (Å²) in [5, 5.41) is 34.7. The number of aliphatic hydroxyl groups excluding tert-OH is 4. The molecule has 5 heteroatoms. The van der Waals surface area contributed by atoms with Gasteiger partial charge in [0.05, 0.1) is 0 Å². The first-order valence-electron chi connectivity index (χ1n) is 2.73. The van der Waals surface area contributed by atoms with E-state index in [2.05, 4.69) is 15.6 Å². The molecule has 0 aliphatic rings. The molecule has 0 amide bonds. The van der Waals surface area contributed by atoms with E-state index in [4.69, 9.17) is 20.4 Å². The van der Waals surface area contributed by atoms with E-state index in [1.165, 1.54) is 4.92 Å². The number of aliphatic hydroxyl groups is 4. The zero-order valence-electron chi connectivity index (χ0n) is 5.21. The van der Waals surface area contributed by atoms with E-state index in [0.717, 1.165) is 0 Å². The van der Waals surface area contributed by atoms with Crippen molar-refractivity contribution in [2.24, 2.45) is 0 Å². The molecule has 0 aliphatic heterocycles. The number of hydrogen-bond acceptors (Lipinski definition) is 4. The van der Waals surface area contributed by atoms with Crippen molar-refractivity contribution in [3.8, 4) is 0 Å². The molecule has 0 fully saturated rings. The van der Waals surface area contributed by atoms with Crippen LogP contribution in [0.2, 0.25) is 0 Å². The van der Waals surface area contributed by atoms with E-state index in [1.807, 2.05) is 0 Å². The topological polar surface area (TPSA) is 80.9 Å². The van der Waals surface area contributed by atoms with Crippen LogP contribution in [0.15, 0.2) is 0 Å². The molecule has 0 aromatic heterocycles. The van der Waals surface area contributed by atoms with Gasteiger partial charge in [-0.25, -0.2) is 0 Å². The van der Waals surface area contributed by atoms with Crippen molar-refractivity contribution in [2.45, 2.75) is 18.3 Å². The van der Waals surface area contributed by atoms with Crippen LogP contribution in [0.5, 0.6) is 0 Å². The zero-order chi connectivity index (χ0) is 8.15. The van der Waals surface area contributed by atoms with E-state index in [9.17, 15) is 0 Å². The Labute approximate surface area is 66.5 Å². The predicted molar refractivity (Wildman–Crippen MR) is 36.9 cm³/mol. The molecule has 0 aliphatic carbocycles. The summed E-state index contributed by atoms with van der Waals surface area (Å²) < 4.78 is 0. The first kappa shape index (κ1) is 10.2. The van der Waals surface area contributed by atoms with Crippen molar-refractivity contribution in [2.75, 3.05) is 6.61 Å². The van der Waals surface area contributed by atoms with Crippen LogP contribution >= 0.6 is 0 Å². The van der Waals surface area contributed by atoms with Crippen molar-refractivity contribution < 1.29 is 20.4 Å². The monoisotopic (exact) mass is 214 g/mol. The molecule has 3 atom stereocenters. The average Bonchev–Trinajstić information content (AvgIpc) is 2.00. The van der Waals surface area contributed by atoms with Gasteiger partial charge in [-0.2, -0.15) is 0 Å². The molecule has 0 spiro atoms. The van der Waals surface area contributed by atoms with Crippen molar-refractivity contribution in [1.29, 1.82) is 0 Å². The fourth-order valence-electron chi connectivity index (χ4n) is 0.416. The Balaban J connectivity index is 3.80. The number of rotatable bonds is 4. The summed E-state index contributed by atoms with van der Waals surface area (Å²) in [6.45, 7) is -0.563. The second kappa shape index (κ2) is 4.96. The fraction of sp³-hybridized carbons (Fsp3) is 0.800. The van der Waals surface area contributed by atoms with Gasteiger partial charge in [-0.05, 0) is 0 Å². The van der Waals surface area contributed by atoms with Gasteiger partial charge in [0, 0.05) is 0 Å². The molecular formula is C5H10O4Se. The summed E-state index contributed by atoms with van der Waals surface area (Å²) in [4.78, 5) is 1.21. The van der Waals surface area contributed by atoms with Gasteiger partial charge in [-0.3, -0.25) is 0 Å². The fourth-order valence-corrected chi connectivity index (χ4v) is 0.754. The normalized spacial score (nSPS) is 19.6. The second-order valence-corrected chi connectivity index (χ2v) is 2.44. The first-order valence-corrected chi connectivity index (χ1v) is 3.72. The van der Waals surface area contributed by atoms with Crippen molar-refractivity contribution in [1.82, 2.24) is 0 Å². The molecular weight excluding hydrogens is 203 g/mol. The molecule has 0 saturated heterocycles. The maximum absolute atomic E-state index is 8.87. The minimum absolute atomic E-state index is 0.563. The third-order valence-corrected chi connectivity index (χ3v) is 1.66. The Bertz CT molecular complexity index is 108. The van der Waals surface area contributed by atoms with Gasteiger partial charge in [0.1, 0.15) is 0 Å². The van der Waals surface area contributed by atoms with E-state index < -0.39 is 24.9 Å². The summed E-state index contributed by atoms with van der Waals surface area (Å²) in [7, 11) is 0. The van der Waals surface area contributed by atoms with E-state index in [-0.39, 0.29) is 0 Å². The molecule has 0 aromatic rings. The van der Waals surface area contributed by atoms with Gasteiger partial charge in [-0.1, -0.05) is 0 Å². The molecule has 0 heterocycles. The van der Waals surface area contributed by atoms with Gasteiger partial charge in [0.15, 0.2) is 0 Å². The SMILES string of the molecule is OC[C@@H](O)[C@H](O)[C@@H](O)C=[Se]. The van der Waals surface area contributed by atoms with E-state index in [0.29, 0.717) is 0 Å². The molecule has 0 radical (unpaired) electrons. The van der Waals surface area contributed by atoms with Crippen LogP contribution < -0.4 is 0 Å². The van der Waals surface area contributed by atoms with Crippen molar-refractivity contribution >= 4 is 20.5 Å². The molecule has 0 saturated carbocycles. The summed E-state index contributed by atoms with van der Waals surface area (Å²) in [5.74, 6) is 0. The van der Waals surface area contributed by atoms with Crippen LogP contribution in [0.1, 0.15) is 0 Å².